The molecule has 27 heavy (non-hydrogen) atoms. The van der Waals surface area contributed by atoms with Gasteiger partial charge in [0, 0.05) is 51.8 Å². The summed E-state index contributed by atoms with van der Waals surface area (Å²) in [5, 5.41) is 5.50. The highest BCUT2D eigenvalue weighted by molar-refractivity contribution is 7.89. The van der Waals surface area contributed by atoms with Crippen molar-refractivity contribution >= 4 is 21.8 Å². The first kappa shape index (κ1) is 21.3. The number of hydrogen-bond donors (Lipinski definition) is 2. The Labute approximate surface area is 161 Å². The molecule has 2 rings (SSSR count). The standard InChI is InChI=1S/C18H28N4O4S/c1-15(23)19-9-3-4-10-20-18(24)16-5-7-17(8-6-16)27(25,26)22-13-11-21(2)12-14-22/h5-8H,3-4,9-14H2,1-2H3,(H,19,23)(H,20,24). The number of nitrogens with one attached hydrogen (secondary N) is 2. The van der Waals surface area contributed by atoms with Crippen molar-refractivity contribution in [3.05, 3.63) is 29.8 Å². The van der Waals surface area contributed by atoms with Gasteiger partial charge in [0.25, 0.3) is 5.91 Å². The number of amides is 2. The Morgan fingerprint density at radius 1 is 0.963 bits per heavy atom. The number of hydrogen-bond acceptors (Lipinski definition) is 5. The molecule has 0 spiro atoms. The largest absolute Gasteiger partial charge is 0.356 e. The summed E-state index contributed by atoms with van der Waals surface area (Å²) in [5.74, 6) is -0.302. The number of carbonyl (C=O) groups excluding carboxylic acids is 2. The number of piperazine rings is 1. The number of nitrogens with zero attached hydrogens (tertiary/aromatic N) is 2. The number of carbonyl (C=O) groups is 2. The fourth-order valence-electron chi connectivity index (χ4n) is 2.77. The molecule has 2 N–H and O–H groups in total. The van der Waals surface area contributed by atoms with Gasteiger partial charge >= 0.3 is 0 Å². The highest BCUT2D eigenvalue weighted by Gasteiger charge is 2.27. The summed E-state index contributed by atoms with van der Waals surface area (Å²) in [5.41, 5.74) is 0.425. The minimum atomic E-state index is -3.52. The van der Waals surface area contributed by atoms with Crippen LogP contribution in [0.5, 0.6) is 0 Å². The summed E-state index contributed by atoms with van der Waals surface area (Å²) in [6.45, 7) is 4.92. The maximum absolute atomic E-state index is 12.7. The molecule has 1 aliphatic rings. The molecule has 0 saturated carbocycles. The summed E-state index contributed by atoms with van der Waals surface area (Å²) in [6.07, 6.45) is 1.53. The topological polar surface area (TPSA) is 98.8 Å². The number of rotatable bonds is 8. The quantitative estimate of drug-likeness (QED) is 0.615. The van der Waals surface area contributed by atoms with Gasteiger partial charge in [-0.15, -0.1) is 0 Å². The fourth-order valence-corrected chi connectivity index (χ4v) is 4.20. The molecule has 2 amide bonds. The lowest BCUT2D eigenvalue weighted by Gasteiger charge is -2.31. The van der Waals surface area contributed by atoms with Gasteiger partial charge in [0.15, 0.2) is 0 Å². The first-order valence-electron chi connectivity index (χ1n) is 9.12. The van der Waals surface area contributed by atoms with E-state index >= 15 is 0 Å². The minimum absolute atomic E-state index is 0.0642. The summed E-state index contributed by atoms with van der Waals surface area (Å²) >= 11 is 0. The second-order valence-electron chi connectivity index (χ2n) is 6.68. The van der Waals surface area contributed by atoms with E-state index in [1.54, 1.807) is 0 Å². The summed E-state index contributed by atoms with van der Waals surface area (Å²) in [7, 11) is -1.55. The third-order valence-electron chi connectivity index (χ3n) is 4.48. The van der Waals surface area contributed by atoms with Crippen LogP contribution in [0, 0.1) is 0 Å². The molecule has 0 aliphatic carbocycles. The average molecular weight is 397 g/mol. The Balaban J connectivity index is 1.85. The highest BCUT2D eigenvalue weighted by Crippen LogP contribution is 2.18. The van der Waals surface area contributed by atoms with E-state index < -0.39 is 10.0 Å². The molecule has 1 heterocycles. The van der Waals surface area contributed by atoms with E-state index in [1.807, 2.05) is 7.05 Å². The third kappa shape index (κ3) is 6.30. The third-order valence-corrected chi connectivity index (χ3v) is 6.39. The van der Waals surface area contributed by atoms with Crippen molar-refractivity contribution in [2.24, 2.45) is 0 Å². The van der Waals surface area contributed by atoms with Gasteiger partial charge in [-0.2, -0.15) is 4.31 Å². The zero-order valence-electron chi connectivity index (χ0n) is 15.9. The molecular formula is C18H28N4O4S. The van der Waals surface area contributed by atoms with Crippen LogP contribution < -0.4 is 10.6 Å². The molecule has 1 fully saturated rings. The maximum Gasteiger partial charge on any atom is 0.251 e. The molecule has 0 bridgehead atoms. The second kappa shape index (κ2) is 9.82. The zero-order valence-corrected chi connectivity index (χ0v) is 16.7. The number of unbranched alkanes of at least 4 members (excludes halogenated alkanes) is 1. The second-order valence-corrected chi connectivity index (χ2v) is 8.62. The highest BCUT2D eigenvalue weighted by atomic mass is 32.2. The van der Waals surface area contributed by atoms with Gasteiger partial charge in [0.2, 0.25) is 15.9 Å². The van der Waals surface area contributed by atoms with E-state index in [-0.39, 0.29) is 16.7 Å². The van der Waals surface area contributed by atoms with Crippen molar-refractivity contribution < 1.29 is 18.0 Å². The monoisotopic (exact) mass is 396 g/mol. The van der Waals surface area contributed by atoms with Crippen LogP contribution in [0.1, 0.15) is 30.1 Å². The molecule has 1 aromatic carbocycles. The van der Waals surface area contributed by atoms with Crippen molar-refractivity contribution in [3.63, 3.8) is 0 Å². The number of benzene rings is 1. The Morgan fingerprint density at radius 2 is 1.52 bits per heavy atom. The Bertz CT molecular complexity index is 741. The summed E-state index contributed by atoms with van der Waals surface area (Å²) in [4.78, 5) is 25.2. The lowest BCUT2D eigenvalue weighted by Crippen LogP contribution is -2.47. The van der Waals surface area contributed by atoms with Gasteiger partial charge in [-0.05, 0) is 44.2 Å². The van der Waals surface area contributed by atoms with Gasteiger partial charge in [0.1, 0.15) is 0 Å². The molecule has 8 nitrogen and oxygen atoms in total. The predicted octanol–water partition coefficient (Wildman–Crippen LogP) is 0.269. The number of sulfonamides is 1. The minimum Gasteiger partial charge on any atom is -0.356 e. The van der Waals surface area contributed by atoms with Crippen LogP contribution in [-0.4, -0.2) is 75.8 Å². The van der Waals surface area contributed by atoms with Crippen LogP contribution in [0.25, 0.3) is 0 Å². The normalized spacial score (nSPS) is 16.1. The lowest BCUT2D eigenvalue weighted by atomic mass is 10.2. The van der Waals surface area contributed by atoms with Crippen molar-refractivity contribution in [1.82, 2.24) is 19.8 Å². The fraction of sp³-hybridized carbons (Fsp3) is 0.556. The summed E-state index contributed by atoms with van der Waals surface area (Å²) < 4.78 is 26.8. The molecule has 0 aromatic heterocycles. The molecule has 0 unspecified atom stereocenters. The van der Waals surface area contributed by atoms with E-state index in [2.05, 4.69) is 15.5 Å². The molecule has 1 aromatic rings. The van der Waals surface area contributed by atoms with E-state index in [0.29, 0.717) is 44.8 Å². The van der Waals surface area contributed by atoms with Gasteiger partial charge < -0.3 is 15.5 Å². The van der Waals surface area contributed by atoms with Crippen LogP contribution in [0.3, 0.4) is 0 Å². The van der Waals surface area contributed by atoms with Crippen molar-refractivity contribution in [3.8, 4) is 0 Å². The van der Waals surface area contributed by atoms with Gasteiger partial charge in [-0.1, -0.05) is 0 Å². The van der Waals surface area contributed by atoms with E-state index in [4.69, 9.17) is 0 Å². The van der Waals surface area contributed by atoms with Crippen LogP contribution >= 0.6 is 0 Å². The first-order chi connectivity index (χ1) is 12.8. The SMILES string of the molecule is CC(=O)NCCCCNC(=O)c1ccc(S(=O)(=O)N2CCN(C)CC2)cc1. The Kier molecular flexibility index (Phi) is 7.76. The van der Waals surface area contributed by atoms with Gasteiger partial charge in [-0.25, -0.2) is 8.42 Å². The zero-order chi connectivity index (χ0) is 19.9. The molecule has 9 heteroatoms. The first-order valence-corrected chi connectivity index (χ1v) is 10.6. The van der Waals surface area contributed by atoms with Crippen LogP contribution in [-0.2, 0) is 14.8 Å². The van der Waals surface area contributed by atoms with Gasteiger partial charge in [-0.3, -0.25) is 9.59 Å². The van der Waals surface area contributed by atoms with E-state index in [1.165, 1.54) is 35.5 Å². The average Bonchev–Trinajstić information content (AvgIpc) is 2.64. The summed E-state index contributed by atoms with van der Waals surface area (Å²) in [6, 6.07) is 6.05. The molecule has 1 aliphatic heterocycles. The van der Waals surface area contributed by atoms with E-state index in [0.717, 1.165) is 12.8 Å². The van der Waals surface area contributed by atoms with Crippen molar-refractivity contribution in [2.75, 3.05) is 46.3 Å². The Hall–Kier alpha value is -1.97. The van der Waals surface area contributed by atoms with Crippen LogP contribution in [0.2, 0.25) is 0 Å². The lowest BCUT2D eigenvalue weighted by molar-refractivity contribution is -0.118. The predicted molar refractivity (Wildman–Crippen MR) is 103 cm³/mol. The Morgan fingerprint density at radius 3 is 2.07 bits per heavy atom. The van der Waals surface area contributed by atoms with E-state index in [9.17, 15) is 18.0 Å². The molecule has 150 valence electrons. The molecule has 1 saturated heterocycles. The molecular weight excluding hydrogens is 368 g/mol. The number of likely N-dealkylation sites (N-methyl/N-ethyl adjacent to an activating group) is 1. The smallest absolute Gasteiger partial charge is 0.251 e. The van der Waals surface area contributed by atoms with Gasteiger partial charge in [0.05, 0.1) is 4.90 Å². The van der Waals surface area contributed by atoms with Crippen LogP contribution in [0.15, 0.2) is 29.2 Å². The van der Waals surface area contributed by atoms with Crippen LogP contribution in [0.4, 0.5) is 0 Å². The maximum atomic E-state index is 12.7. The van der Waals surface area contributed by atoms with Crippen molar-refractivity contribution in [1.29, 1.82) is 0 Å². The molecule has 0 radical (unpaired) electrons. The molecule has 0 atom stereocenters. The van der Waals surface area contributed by atoms with Crippen molar-refractivity contribution in [2.45, 2.75) is 24.7 Å².